The second kappa shape index (κ2) is 5.37. The minimum atomic E-state index is 0.296. The van der Waals surface area contributed by atoms with E-state index in [1.807, 2.05) is 30.3 Å². The summed E-state index contributed by atoms with van der Waals surface area (Å²) in [6, 6.07) is 16.3. The van der Waals surface area contributed by atoms with Crippen LogP contribution in [0.25, 0.3) is 28.0 Å². The van der Waals surface area contributed by atoms with Gasteiger partial charge in [0, 0.05) is 10.6 Å². The molecule has 0 aliphatic heterocycles. The van der Waals surface area contributed by atoms with Crippen molar-refractivity contribution in [3.63, 3.8) is 0 Å². The van der Waals surface area contributed by atoms with E-state index in [0.717, 1.165) is 22.3 Å². The lowest BCUT2D eigenvalue weighted by Crippen LogP contribution is -1.97. The first-order valence-corrected chi connectivity index (χ1v) is 7.29. The predicted molar refractivity (Wildman–Crippen MR) is 87.0 cm³/mol. The van der Waals surface area contributed by atoms with Crippen molar-refractivity contribution in [3.8, 4) is 17.0 Å². The van der Waals surface area contributed by atoms with E-state index in [2.05, 4.69) is 10.2 Å². The molecule has 0 aliphatic carbocycles. The first kappa shape index (κ1) is 13.7. The fraction of sp³-hybridized carbons (Fsp3) is 0. The highest BCUT2D eigenvalue weighted by Gasteiger charge is 2.09. The Labute approximate surface area is 136 Å². The van der Waals surface area contributed by atoms with Crippen LogP contribution in [0.2, 0.25) is 5.02 Å². The molecule has 0 atom stereocenters. The van der Waals surface area contributed by atoms with Crippen molar-refractivity contribution in [3.05, 3.63) is 65.4 Å². The van der Waals surface area contributed by atoms with Gasteiger partial charge in [-0.3, -0.25) is 4.79 Å². The summed E-state index contributed by atoms with van der Waals surface area (Å²) >= 11 is 5.90. The fourth-order valence-corrected chi connectivity index (χ4v) is 2.46. The van der Waals surface area contributed by atoms with E-state index in [-0.39, 0.29) is 0 Å². The third-order valence-electron chi connectivity index (χ3n) is 3.47. The van der Waals surface area contributed by atoms with E-state index in [4.69, 9.17) is 16.0 Å². The van der Waals surface area contributed by atoms with Gasteiger partial charge in [-0.05, 0) is 54.6 Å². The smallest absolute Gasteiger partial charge is 0.185 e. The predicted octanol–water partition coefficient (Wildman–Crippen LogP) is 4.15. The molecule has 0 fully saturated rings. The van der Waals surface area contributed by atoms with Crippen molar-refractivity contribution in [2.45, 2.75) is 0 Å². The Balaban J connectivity index is 1.77. The molecule has 0 aliphatic rings. The standard InChI is InChI=1S/C17H10ClN3O2/c18-12-2-4-13(5-3-12)21-19-15-7-1-11(9-16(15)20-21)17-8-6-14(10-22)23-17/h1-10H. The van der Waals surface area contributed by atoms with Crippen LogP contribution >= 0.6 is 11.6 Å². The average Bonchev–Trinajstić information content (AvgIpc) is 3.21. The summed E-state index contributed by atoms with van der Waals surface area (Å²) in [5.41, 5.74) is 3.18. The highest BCUT2D eigenvalue weighted by molar-refractivity contribution is 6.30. The Morgan fingerprint density at radius 1 is 0.957 bits per heavy atom. The number of hydrogen-bond acceptors (Lipinski definition) is 4. The molecule has 0 amide bonds. The van der Waals surface area contributed by atoms with Crippen LogP contribution in [0.5, 0.6) is 0 Å². The molecule has 0 bridgehead atoms. The van der Waals surface area contributed by atoms with Gasteiger partial charge in [0.1, 0.15) is 16.8 Å². The first-order chi connectivity index (χ1) is 11.2. The lowest BCUT2D eigenvalue weighted by molar-refractivity contribution is 0.110. The van der Waals surface area contributed by atoms with E-state index >= 15 is 0 Å². The second-order valence-corrected chi connectivity index (χ2v) is 5.43. The van der Waals surface area contributed by atoms with Gasteiger partial charge in [-0.25, -0.2) is 0 Å². The monoisotopic (exact) mass is 323 g/mol. The van der Waals surface area contributed by atoms with Gasteiger partial charge >= 0.3 is 0 Å². The van der Waals surface area contributed by atoms with Crippen LogP contribution in [0.1, 0.15) is 10.6 Å². The van der Waals surface area contributed by atoms with E-state index in [9.17, 15) is 4.79 Å². The van der Waals surface area contributed by atoms with Crippen molar-refractivity contribution in [2.75, 3.05) is 0 Å². The number of fused-ring (bicyclic) bond motifs is 1. The third-order valence-corrected chi connectivity index (χ3v) is 3.72. The summed E-state index contributed by atoms with van der Waals surface area (Å²) < 4.78 is 5.43. The van der Waals surface area contributed by atoms with E-state index in [1.165, 1.54) is 0 Å². The summed E-state index contributed by atoms with van der Waals surface area (Å²) in [6.07, 6.45) is 0.679. The summed E-state index contributed by atoms with van der Waals surface area (Å²) in [5, 5.41) is 9.58. The van der Waals surface area contributed by atoms with Crippen LogP contribution in [0.3, 0.4) is 0 Å². The lowest BCUT2D eigenvalue weighted by atomic mass is 10.1. The normalized spacial score (nSPS) is 11.0. The SMILES string of the molecule is O=Cc1ccc(-c2ccc3nn(-c4ccc(Cl)cc4)nc3c2)o1. The zero-order chi connectivity index (χ0) is 15.8. The molecule has 6 heteroatoms. The number of carbonyl (C=O) groups is 1. The molecule has 0 saturated carbocycles. The van der Waals surface area contributed by atoms with Crippen molar-refractivity contribution in [1.82, 2.24) is 15.0 Å². The number of halogens is 1. The molecule has 4 rings (SSSR count). The molecule has 23 heavy (non-hydrogen) atoms. The molecule has 0 saturated heterocycles. The molecule has 112 valence electrons. The van der Waals surface area contributed by atoms with Gasteiger partial charge in [-0.2, -0.15) is 4.80 Å². The molecular weight excluding hydrogens is 314 g/mol. The Morgan fingerprint density at radius 2 is 1.74 bits per heavy atom. The van der Waals surface area contributed by atoms with Crippen LogP contribution in [0, 0.1) is 0 Å². The molecule has 2 heterocycles. The number of aldehydes is 1. The molecule has 2 aromatic heterocycles. The van der Waals surface area contributed by atoms with E-state index < -0.39 is 0 Å². The minimum absolute atomic E-state index is 0.296. The maximum absolute atomic E-state index is 10.7. The van der Waals surface area contributed by atoms with Crippen LogP contribution < -0.4 is 0 Å². The van der Waals surface area contributed by atoms with Crippen molar-refractivity contribution < 1.29 is 9.21 Å². The van der Waals surface area contributed by atoms with Gasteiger partial charge in [0.05, 0.1) is 5.69 Å². The van der Waals surface area contributed by atoms with Crippen molar-refractivity contribution in [2.24, 2.45) is 0 Å². The third kappa shape index (κ3) is 2.51. The van der Waals surface area contributed by atoms with Gasteiger partial charge in [-0.1, -0.05) is 11.6 Å². The first-order valence-electron chi connectivity index (χ1n) is 6.91. The Bertz CT molecular complexity index is 1000. The summed E-state index contributed by atoms with van der Waals surface area (Å²) in [4.78, 5) is 12.3. The topological polar surface area (TPSA) is 60.9 Å². The summed E-state index contributed by atoms with van der Waals surface area (Å²) in [6.45, 7) is 0. The summed E-state index contributed by atoms with van der Waals surface area (Å²) in [7, 11) is 0. The highest BCUT2D eigenvalue weighted by Crippen LogP contribution is 2.25. The van der Waals surface area contributed by atoms with Gasteiger partial charge in [0.2, 0.25) is 0 Å². The van der Waals surface area contributed by atoms with Crippen LogP contribution in [-0.4, -0.2) is 21.3 Å². The number of benzene rings is 2. The van der Waals surface area contributed by atoms with Crippen LogP contribution in [-0.2, 0) is 0 Å². The maximum Gasteiger partial charge on any atom is 0.185 e. The minimum Gasteiger partial charge on any atom is -0.453 e. The van der Waals surface area contributed by atoms with Gasteiger partial charge in [0.15, 0.2) is 12.0 Å². The van der Waals surface area contributed by atoms with E-state index in [0.29, 0.717) is 22.8 Å². The molecule has 5 nitrogen and oxygen atoms in total. The Hall–Kier alpha value is -2.92. The number of aromatic nitrogens is 3. The van der Waals surface area contributed by atoms with Crippen molar-refractivity contribution >= 4 is 28.9 Å². The maximum atomic E-state index is 10.7. The molecule has 2 aromatic carbocycles. The summed E-state index contributed by atoms with van der Waals surface area (Å²) in [5.74, 6) is 0.917. The zero-order valence-corrected chi connectivity index (χ0v) is 12.6. The molecule has 0 unspecified atom stereocenters. The van der Waals surface area contributed by atoms with Gasteiger partial charge < -0.3 is 4.42 Å². The van der Waals surface area contributed by atoms with Gasteiger partial charge in [-0.15, -0.1) is 10.2 Å². The molecule has 0 radical (unpaired) electrons. The van der Waals surface area contributed by atoms with Crippen LogP contribution in [0.15, 0.2) is 59.0 Å². The molecular formula is C17H10ClN3O2. The number of rotatable bonds is 3. The van der Waals surface area contributed by atoms with Gasteiger partial charge in [0.25, 0.3) is 0 Å². The largest absolute Gasteiger partial charge is 0.453 e. The molecule has 0 spiro atoms. The number of carbonyl (C=O) groups excluding carboxylic acids is 1. The zero-order valence-electron chi connectivity index (χ0n) is 11.8. The van der Waals surface area contributed by atoms with Crippen molar-refractivity contribution in [1.29, 1.82) is 0 Å². The average molecular weight is 324 g/mol. The number of hydrogen-bond donors (Lipinski definition) is 0. The molecule has 4 aromatic rings. The quantitative estimate of drug-likeness (QED) is 0.531. The lowest BCUT2D eigenvalue weighted by Gasteiger charge is -1.97. The van der Waals surface area contributed by atoms with E-state index in [1.54, 1.807) is 29.1 Å². The number of nitrogens with zero attached hydrogens (tertiary/aromatic N) is 3. The number of furan rings is 1. The Morgan fingerprint density at radius 3 is 2.48 bits per heavy atom. The Kier molecular flexibility index (Phi) is 3.20. The highest BCUT2D eigenvalue weighted by atomic mass is 35.5. The van der Waals surface area contributed by atoms with Crippen LogP contribution in [0.4, 0.5) is 0 Å². The second-order valence-electron chi connectivity index (χ2n) is 4.99. The molecule has 0 N–H and O–H groups in total. The fourth-order valence-electron chi connectivity index (χ4n) is 2.33.